The number of nitro groups is 1. The van der Waals surface area contributed by atoms with Crippen LogP contribution in [-0.4, -0.2) is 32.5 Å². The summed E-state index contributed by atoms with van der Waals surface area (Å²) >= 11 is 5.82. The van der Waals surface area contributed by atoms with Crippen LogP contribution < -0.4 is 9.04 Å². The standard InChI is InChI=1S/C13H12ClN3O5S/c1-16(23(20,21)12-4-3-7-15-13(12)14)10-6-5-9(22-2)8-11(10)17(18)19/h3-8H,1-2H3. The molecule has 0 spiro atoms. The van der Waals surface area contributed by atoms with Gasteiger partial charge in [-0.05, 0) is 24.3 Å². The third-order valence-electron chi connectivity index (χ3n) is 3.08. The van der Waals surface area contributed by atoms with E-state index >= 15 is 0 Å². The number of methoxy groups -OCH3 is 1. The summed E-state index contributed by atoms with van der Waals surface area (Å²) < 4.78 is 31.0. The molecule has 10 heteroatoms. The zero-order valence-corrected chi connectivity index (χ0v) is 13.7. The number of anilines is 1. The van der Waals surface area contributed by atoms with Crippen molar-refractivity contribution < 1.29 is 18.1 Å². The molecule has 0 amide bonds. The molecule has 122 valence electrons. The van der Waals surface area contributed by atoms with E-state index in [-0.39, 0.29) is 21.5 Å². The summed E-state index contributed by atoms with van der Waals surface area (Å²) in [5.74, 6) is 0.241. The molecule has 0 aliphatic rings. The number of pyridine rings is 1. The lowest BCUT2D eigenvalue weighted by molar-refractivity contribution is -0.384. The first-order chi connectivity index (χ1) is 10.8. The Hall–Kier alpha value is -2.39. The second kappa shape index (κ2) is 6.39. The van der Waals surface area contributed by atoms with Gasteiger partial charge in [-0.25, -0.2) is 13.4 Å². The van der Waals surface area contributed by atoms with Crippen molar-refractivity contribution in [3.63, 3.8) is 0 Å². The molecule has 0 N–H and O–H groups in total. The van der Waals surface area contributed by atoms with Crippen molar-refractivity contribution in [2.75, 3.05) is 18.5 Å². The van der Waals surface area contributed by atoms with Gasteiger partial charge in [-0.1, -0.05) is 11.6 Å². The Morgan fingerprint density at radius 2 is 2.04 bits per heavy atom. The van der Waals surface area contributed by atoms with Crippen LogP contribution >= 0.6 is 11.6 Å². The van der Waals surface area contributed by atoms with Crippen molar-refractivity contribution in [2.45, 2.75) is 4.90 Å². The number of sulfonamides is 1. The Labute approximate surface area is 137 Å². The Bertz CT molecular complexity index is 856. The Kier molecular flexibility index (Phi) is 4.71. The molecule has 0 saturated heterocycles. The summed E-state index contributed by atoms with van der Waals surface area (Å²) in [6.07, 6.45) is 1.34. The average Bonchev–Trinajstić information content (AvgIpc) is 2.53. The van der Waals surface area contributed by atoms with Crippen molar-refractivity contribution in [1.29, 1.82) is 0 Å². The highest BCUT2D eigenvalue weighted by Crippen LogP contribution is 2.35. The van der Waals surface area contributed by atoms with Gasteiger partial charge in [0.05, 0.1) is 18.1 Å². The lowest BCUT2D eigenvalue weighted by Gasteiger charge is -2.20. The van der Waals surface area contributed by atoms with Crippen molar-refractivity contribution in [3.05, 3.63) is 51.8 Å². The number of halogens is 1. The number of ether oxygens (including phenoxy) is 1. The van der Waals surface area contributed by atoms with Crippen LogP contribution in [0.15, 0.2) is 41.4 Å². The van der Waals surface area contributed by atoms with E-state index in [1.807, 2.05) is 0 Å². The van der Waals surface area contributed by atoms with Crippen LogP contribution in [0.3, 0.4) is 0 Å². The van der Waals surface area contributed by atoms with Crippen LogP contribution in [0.5, 0.6) is 5.75 Å². The van der Waals surface area contributed by atoms with Gasteiger partial charge in [-0.2, -0.15) is 0 Å². The number of nitro benzene ring substituents is 1. The molecule has 0 unspecified atom stereocenters. The Morgan fingerprint density at radius 1 is 1.35 bits per heavy atom. The molecule has 0 saturated carbocycles. The fourth-order valence-electron chi connectivity index (χ4n) is 1.88. The van der Waals surface area contributed by atoms with Crippen molar-refractivity contribution >= 4 is 33.0 Å². The SMILES string of the molecule is COc1ccc(N(C)S(=O)(=O)c2cccnc2Cl)c([N+](=O)[O-])c1. The second-order valence-corrected chi connectivity index (χ2v) is 6.67. The molecule has 1 heterocycles. The van der Waals surface area contributed by atoms with E-state index in [9.17, 15) is 18.5 Å². The smallest absolute Gasteiger partial charge is 0.297 e. The molecule has 1 aromatic carbocycles. The average molecular weight is 358 g/mol. The van der Waals surface area contributed by atoms with Crippen LogP contribution in [-0.2, 0) is 10.0 Å². The number of nitrogens with zero attached hydrogens (tertiary/aromatic N) is 3. The molecule has 0 radical (unpaired) electrons. The molecule has 0 aliphatic heterocycles. The van der Waals surface area contributed by atoms with E-state index in [0.717, 1.165) is 10.4 Å². The van der Waals surface area contributed by atoms with Crippen LogP contribution in [0.2, 0.25) is 5.15 Å². The van der Waals surface area contributed by atoms with Gasteiger partial charge in [0.1, 0.15) is 21.5 Å². The minimum absolute atomic E-state index is 0.115. The van der Waals surface area contributed by atoms with Crippen molar-refractivity contribution in [1.82, 2.24) is 4.98 Å². The highest BCUT2D eigenvalue weighted by molar-refractivity contribution is 7.93. The van der Waals surface area contributed by atoms with Gasteiger partial charge in [-0.3, -0.25) is 14.4 Å². The first kappa shape index (κ1) is 17.0. The Morgan fingerprint density at radius 3 is 2.61 bits per heavy atom. The molecule has 0 bridgehead atoms. The largest absolute Gasteiger partial charge is 0.496 e. The fourth-order valence-corrected chi connectivity index (χ4v) is 3.52. The predicted octanol–water partition coefficient (Wildman–Crippen LogP) is 2.48. The molecule has 0 fully saturated rings. The van der Waals surface area contributed by atoms with Gasteiger partial charge in [-0.15, -0.1) is 0 Å². The topological polar surface area (TPSA) is 103 Å². The van der Waals surface area contributed by atoms with Gasteiger partial charge in [0.25, 0.3) is 15.7 Å². The van der Waals surface area contributed by atoms with Crippen molar-refractivity contribution in [3.8, 4) is 5.75 Å². The van der Waals surface area contributed by atoms with E-state index in [1.165, 1.54) is 44.6 Å². The maximum Gasteiger partial charge on any atom is 0.297 e. The van der Waals surface area contributed by atoms with Crippen LogP contribution in [0.1, 0.15) is 0 Å². The maximum absolute atomic E-state index is 12.6. The summed E-state index contributed by atoms with van der Waals surface area (Å²) in [6.45, 7) is 0. The molecule has 0 aliphatic carbocycles. The lowest BCUT2D eigenvalue weighted by Crippen LogP contribution is -2.27. The van der Waals surface area contributed by atoms with Gasteiger partial charge >= 0.3 is 0 Å². The summed E-state index contributed by atoms with van der Waals surface area (Å²) in [4.78, 5) is 14.0. The molecule has 2 rings (SSSR count). The summed E-state index contributed by atoms with van der Waals surface area (Å²) in [6, 6.07) is 6.55. The molecule has 0 atom stereocenters. The minimum Gasteiger partial charge on any atom is -0.496 e. The fraction of sp³-hybridized carbons (Fsp3) is 0.154. The third kappa shape index (κ3) is 3.20. The van der Waals surface area contributed by atoms with Crippen molar-refractivity contribution in [2.24, 2.45) is 0 Å². The second-order valence-electron chi connectivity index (χ2n) is 4.38. The van der Waals surface area contributed by atoms with Crippen LogP contribution in [0.4, 0.5) is 11.4 Å². The number of benzene rings is 1. The van der Waals surface area contributed by atoms with Gasteiger partial charge < -0.3 is 4.74 Å². The molecular formula is C13H12ClN3O5S. The number of aromatic nitrogens is 1. The minimum atomic E-state index is -4.10. The maximum atomic E-state index is 12.6. The van der Waals surface area contributed by atoms with E-state index in [1.54, 1.807) is 0 Å². The normalized spacial score (nSPS) is 11.1. The van der Waals surface area contributed by atoms with Gasteiger partial charge in [0.2, 0.25) is 0 Å². The van der Waals surface area contributed by atoms with Crippen LogP contribution in [0.25, 0.3) is 0 Å². The molecule has 1 aromatic heterocycles. The lowest BCUT2D eigenvalue weighted by atomic mass is 10.2. The third-order valence-corrected chi connectivity index (χ3v) is 5.30. The highest BCUT2D eigenvalue weighted by Gasteiger charge is 2.29. The quantitative estimate of drug-likeness (QED) is 0.462. The highest BCUT2D eigenvalue weighted by atomic mass is 35.5. The van der Waals surface area contributed by atoms with Crippen LogP contribution in [0, 0.1) is 10.1 Å². The van der Waals surface area contributed by atoms with E-state index < -0.39 is 20.6 Å². The number of hydrogen-bond donors (Lipinski definition) is 0. The molecule has 8 nitrogen and oxygen atoms in total. The van der Waals surface area contributed by atoms with E-state index in [4.69, 9.17) is 16.3 Å². The zero-order valence-electron chi connectivity index (χ0n) is 12.1. The first-order valence-electron chi connectivity index (χ1n) is 6.21. The molecule has 2 aromatic rings. The monoisotopic (exact) mass is 357 g/mol. The Balaban J connectivity index is 2.58. The first-order valence-corrected chi connectivity index (χ1v) is 8.02. The molecular weight excluding hydrogens is 346 g/mol. The van der Waals surface area contributed by atoms with E-state index in [0.29, 0.717) is 0 Å². The van der Waals surface area contributed by atoms with Gasteiger partial charge in [0.15, 0.2) is 0 Å². The van der Waals surface area contributed by atoms with Gasteiger partial charge in [0, 0.05) is 13.2 Å². The summed E-state index contributed by atoms with van der Waals surface area (Å²) in [5.41, 5.74) is -0.522. The summed E-state index contributed by atoms with van der Waals surface area (Å²) in [7, 11) is -1.55. The van der Waals surface area contributed by atoms with E-state index in [2.05, 4.69) is 4.98 Å². The summed E-state index contributed by atoms with van der Waals surface area (Å²) in [5, 5.41) is 11.0. The molecule has 23 heavy (non-hydrogen) atoms. The predicted molar refractivity (Wildman–Crippen MR) is 84.5 cm³/mol. The zero-order chi connectivity index (χ0) is 17.2. The number of hydrogen-bond acceptors (Lipinski definition) is 6. The number of rotatable bonds is 5.